The Morgan fingerprint density at radius 3 is 2.71 bits per heavy atom. The number of aliphatic carboxylic acids is 1. The highest BCUT2D eigenvalue weighted by Crippen LogP contribution is 2.38. The van der Waals surface area contributed by atoms with Gasteiger partial charge in [-0.25, -0.2) is 4.39 Å². The fourth-order valence-corrected chi connectivity index (χ4v) is 2.72. The molecule has 0 saturated heterocycles. The van der Waals surface area contributed by atoms with Gasteiger partial charge in [0.15, 0.2) is 0 Å². The summed E-state index contributed by atoms with van der Waals surface area (Å²) in [4.78, 5) is 11.2. The zero-order valence-electron chi connectivity index (χ0n) is 9.95. The van der Waals surface area contributed by atoms with Crippen LogP contribution in [0, 0.1) is 18.7 Å². The van der Waals surface area contributed by atoms with Crippen molar-refractivity contribution in [2.45, 2.75) is 38.5 Å². The first-order valence-electron chi connectivity index (χ1n) is 6.08. The molecule has 1 aliphatic carbocycles. The maximum Gasteiger partial charge on any atom is 0.307 e. The standard InChI is InChI=1S/C14H17FO2/c1-9-8-10(6-7-13(9)15)11-4-2-3-5-12(11)14(16)17/h6-8,11-12H,2-5H2,1H3,(H,16,17)/t11-,12?/m0/s1. The molecule has 17 heavy (non-hydrogen) atoms. The topological polar surface area (TPSA) is 37.3 Å². The van der Waals surface area contributed by atoms with E-state index in [0.717, 1.165) is 31.2 Å². The first-order chi connectivity index (χ1) is 8.09. The molecule has 1 N–H and O–H groups in total. The van der Waals surface area contributed by atoms with E-state index < -0.39 is 5.97 Å². The minimum Gasteiger partial charge on any atom is -0.481 e. The number of benzene rings is 1. The predicted molar refractivity (Wildman–Crippen MR) is 63.5 cm³/mol. The molecule has 0 aliphatic heterocycles. The van der Waals surface area contributed by atoms with Gasteiger partial charge in [-0.2, -0.15) is 0 Å². The lowest BCUT2D eigenvalue weighted by Crippen LogP contribution is -2.25. The second kappa shape index (κ2) is 4.86. The average Bonchev–Trinajstić information content (AvgIpc) is 2.32. The van der Waals surface area contributed by atoms with Crippen molar-refractivity contribution in [3.05, 3.63) is 35.1 Å². The molecule has 1 unspecified atom stereocenters. The van der Waals surface area contributed by atoms with Crippen molar-refractivity contribution in [1.29, 1.82) is 0 Å². The van der Waals surface area contributed by atoms with Crippen LogP contribution in [0.25, 0.3) is 0 Å². The van der Waals surface area contributed by atoms with Crippen LogP contribution < -0.4 is 0 Å². The third-order valence-electron chi connectivity index (χ3n) is 3.69. The smallest absolute Gasteiger partial charge is 0.307 e. The van der Waals surface area contributed by atoms with E-state index in [0.29, 0.717) is 5.56 Å². The second-order valence-electron chi connectivity index (χ2n) is 4.84. The molecule has 0 heterocycles. The minimum absolute atomic E-state index is 0.0422. The van der Waals surface area contributed by atoms with E-state index in [1.54, 1.807) is 19.1 Å². The molecule has 0 radical (unpaired) electrons. The van der Waals surface area contributed by atoms with E-state index in [2.05, 4.69) is 0 Å². The monoisotopic (exact) mass is 236 g/mol. The molecule has 2 nitrogen and oxygen atoms in total. The van der Waals surface area contributed by atoms with E-state index in [9.17, 15) is 14.3 Å². The third-order valence-corrected chi connectivity index (χ3v) is 3.69. The number of carboxylic acids is 1. The summed E-state index contributed by atoms with van der Waals surface area (Å²) < 4.78 is 13.2. The van der Waals surface area contributed by atoms with Crippen LogP contribution in [0.2, 0.25) is 0 Å². The van der Waals surface area contributed by atoms with Crippen LogP contribution in [0.5, 0.6) is 0 Å². The molecule has 1 saturated carbocycles. The molecule has 1 aromatic rings. The van der Waals surface area contributed by atoms with Gasteiger partial charge in [-0.1, -0.05) is 25.0 Å². The Balaban J connectivity index is 2.29. The highest BCUT2D eigenvalue weighted by atomic mass is 19.1. The Morgan fingerprint density at radius 2 is 2.06 bits per heavy atom. The summed E-state index contributed by atoms with van der Waals surface area (Å²) in [5.41, 5.74) is 1.56. The van der Waals surface area contributed by atoms with Gasteiger partial charge >= 0.3 is 5.97 Å². The van der Waals surface area contributed by atoms with E-state index in [4.69, 9.17) is 0 Å². The van der Waals surface area contributed by atoms with Crippen molar-refractivity contribution in [3.8, 4) is 0 Å². The predicted octanol–water partition coefficient (Wildman–Crippen LogP) is 3.49. The zero-order valence-corrected chi connectivity index (χ0v) is 9.95. The lowest BCUT2D eigenvalue weighted by Gasteiger charge is -2.29. The fraction of sp³-hybridized carbons (Fsp3) is 0.500. The van der Waals surface area contributed by atoms with Crippen molar-refractivity contribution in [2.75, 3.05) is 0 Å². The summed E-state index contributed by atoms with van der Waals surface area (Å²) in [7, 11) is 0. The van der Waals surface area contributed by atoms with Crippen LogP contribution in [0.3, 0.4) is 0 Å². The Morgan fingerprint density at radius 1 is 1.35 bits per heavy atom. The summed E-state index contributed by atoms with van der Waals surface area (Å²) in [6.45, 7) is 1.72. The molecule has 1 aliphatic rings. The van der Waals surface area contributed by atoms with Gasteiger partial charge in [0.25, 0.3) is 0 Å². The second-order valence-corrected chi connectivity index (χ2v) is 4.84. The molecule has 3 heteroatoms. The van der Waals surface area contributed by atoms with Crippen LogP contribution in [0.1, 0.15) is 42.7 Å². The molecular weight excluding hydrogens is 219 g/mol. The largest absolute Gasteiger partial charge is 0.481 e. The van der Waals surface area contributed by atoms with Gasteiger partial charge in [-0.3, -0.25) is 4.79 Å². The molecule has 92 valence electrons. The van der Waals surface area contributed by atoms with Gasteiger partial charge in [0.2, 0.25) is 0 Å². The highest BCUT2D eigenvalue weighted by molar-refractivity contribution is 5.71. The number of carbonyl (C=O) groups is 1. The molecular formula is C14H17FO2. The van der Waals surface area contributed by atoms with Crippen LogP contribution in [0.4, 0.5) is 4.39 Å². The van der Waals surface area contributed by atoms with E-state index in [1.807, 2.05) is 0 Å². The van der Waals surface area contributed by atoms with Gasteiger partial charge in [0, 0.05) is 0 Å². The summed E-state index contributed by atoms with van der Waals surface area (Å²) >= 11 is 0. The van der Waals surface area contributed by atoms with Crippen LogP contribution in [-0.4, -0.2) is 11.1 Å². The van der Waals surface area contributed by atoms with Crippen LogP contribution >= 0.6 is 0 Å². The van der Waals surface area contributed by atoms with Crippen molar-refractivity contribution in [2.24, 2.45) is 5.92 Å². The summed E-state index contributed by atoms with van der Waals surface area (Å²) in [6.07, 6.45) is 3.66. The summed E-state index contributed by atoms with van der Waals surface area (Å²) in [5, 5.41) is 9.22. The number of hydrogen-bond acceptors (Lipinski definition) is 1. The van der Waals surface area contributed by atoms with Gasteiger partial charge < -0.3 is 5.11 Å². The van der Waals surface area contributed by atoms with Gasteiger partial charge in [-0.15, -0.1) is 0 Å². The van der Waals surface area contributed by atoms with Crippen LogP contribution in [0.15, 0.2) is 18.2 Å². The van der Waals surface area contributed by atoms with Crippen LogP contribution in [-0.2, 0) is 4.79 Å². The Kier molecular flexibility index (Phi) is 3.46. The number of hydrogen-bond donors (Lipinski definition) is 1. The Labute approximate surface area is 100 Å². The van der Waals surface area contributed by atoms with Gasteiger partial charge in [-0.05, 0) is 42.9 Å². The van der Waals surface area contributed by atoms with Crippen molar-refractivity contribution < 1.29 is 14.3 Å². The number of carboxylic acid groups (broad SMARTS) is 1. The summed E-state index contributed by atoms with van der Waals surface area (Å²) in [6, 6.07) is 4.97. The normalized spacial score (nSPS) is 24.6. The zero-order chi connectivity index (χ0) is 12.4. The molecule has 0 bridgehead atoms. The van der Waals surface area contributed by atoms with Crippen molar-refractivity contribution in [3.63, 3.8) is 0 Å². The van der Waals surface area contributed by atoms with Gasteiger partial charge in [0.1, 0.15) is 5.82 Å². The molecule has 2 atom stereocenters. The fourth-order valence-electron chi connectivity index (χ4n) is 2.72. The average molecular weight is 236 g/mol. The lowest BCUT2D eigenvalue weighted by molar-refractivity contribution is -0.143. The lowest BCUT2D eigenvalue weighted by atomic mass is 9.75. The minimum atomic E-state index is -0.725. The first kappa shape index (κ1) is 12.1. The maximum absolute atomic E-state index is 13.2. The highest BCUT2D eigenvalue weighted by Gasteiger charge is 2.31. The molecule has 1 fully saturated rings. The third kappa shape index (κ3) is 2.48. The molecule has 1 aromatic carbocycles. The Bertz CT molecular complexity index is 428. The molecule has 0 aromatic heterocycles. The van der Waals surface area contributed by atoms with Gasteiger partial charge in [0.05, 0.1) is 5.92 Å². The van der Waals surface area contributed by atoms with E-state index in [-0.39, 0.29) is 17.7 Å². The first-order valence-corrected chi connectivity index (χ1v) is 6.08. The quantitative estimate of drug-likeness (QED) is 0.853. The molecule has 0 spiro atoms. The number of halogens is 1. The maximum atomic E-state index is 13.2. The SMILES string of the molecule is Cc1cc([C@@H]2CCCCC2C(=O)O)ccc1F. The number of rotatable bonds is 2. The molecule has 0 amide bonds. The van der Waals surface area contributed by atoms with Crippen molar-refractivity contribution >= 4 is 5.97 Å². The van der Waals surface area contributed by atoms with Crippen molar-refractivity contribution in [1.82, 2.24) is 0 Å². The number of aryl methyl sites for hydroxylation is 1. The van der Waals surface area contributed by atoms with E-state index in [1.165, 1.54) is 6.07 Å². The Hall–Kier alpha value is -1.38. The summed E-state index contributed by atoms with van der Waals surface area (Å²) in [5.74, 6) is -1.22. The van der Waals surface area contributed by atoms with E-state index >= 15 is 0 Å². The molecule has 2 rings (SSSR count).